The van der Waals surface area contributed by atoms with Gasteiger partial charge < -0.3 is 0 Å². The SMILES string of the molecule is CCCCCCCC(CCCCCCC)n1cc(C(C)C)nn1. The highest BCUT2D eigenvalue weighted by molar-refractivity contribution is 4.99. The van der Waals surface area contributed by atoms with Gasteiger partial charge in [0.05, 0.1) is 11.7 Å². The molecule has 0 aliphatic carbocycles. The first kappa shape index (κ1) is 20.2. The lowest BCUT2D eigenvalue weighted by Crippen LogP contribution is -2.10. The molecule has 1 rings (SSSR count). The van der Waals surface area contributed by atoms with E-state index in [1.54, 1.807) is 0 Å². The minimum absolute atomic E-state index is 0.471. The van der Waals surface area contributed by atoms with Crippen molar-refractivity contribution in [2.24, 2.45) is 0 Å². The van der Waals surface area contributed by atoms with Gasteiger partial charge in [0, 0.05) is 6.20 Å². The lowest BCUT2D eigenvalue weighted by atomic mass is 10.0. The minimum atomic E-state index is 0.471. The summed E-state index contributed by atoms with van der Waals surface area (Å²) in [6.07, 6.45) is 18.3. The summed E-state index contributed by atoms with van der Waals surface area (Å²) >= 11 is 0. The van der Waals surface area contributed by atoms with Gasteiger partial charge in [-0.3, -0.25) is 0 Å². The van der Waals surface area contributed by atoms with Crippen LogP contribution in [-0.2, 0) is 0 Å². The van der Waals surface area contributed by atoms with E-state index in [4.69, 9.17) is 0 Å². The summed E-state index contributed by atoms with van der Waals surface area (Å²) in [6.45, 7) is 8.95. The summed E-state index contributed by atoms with van der Waals surface area (Å²) in [6, 6.07) is 0.554. The third kappa shape index (κ3) is 8.53. The maximum absolute atomic E-state index is 4.43. The fourth-order valence-electron chi connectivity index (χ4n) is 3.11. The van der Waals surface area contributed by atoms with E-state index in [0.717, 1.165) is 5.69 Å². The second-order valence-corrected chi connectivity index (χ2v) is 7.34. The molecule has 0 N–H and O–H groups in total. The summed E-state index contributed by atoms with van der Waals surface area (Å²) in [4.78, 5) is 0. The number of nitrogens with zero attached hydrogens (tertiary/aromatic N) is 3. The van der Waals surface area contributed by atoms with Crippen molar-refractivity contribution >= 4 is 0 Å². The maximum atomic E-state index is 4.43. The van der Waals surface area contributed by atoms with Gasteiger partial charge in [-0.1, -0.05) is 97.1 Å². The van der Waals surface area contributed by atoms with Gasteiger partial charge in [-0.15, -0.1) is 5.10 Å². The Balaban J connectivity index is 2.45. The molecule has 0 aromatic carbocycles. The number of unbranched alkanes of at least 4 members (excludes halogenated alkanes) is 8. The predicted octanol–water partition coefficient (Wildman–Crippen LogP) is 6.66. The van der Waals surface area contributed by atoms with Crippen LogP contribution in [0, 0.1) is 0 Å². The number of rotatable bonds is 14. The highest BCUT2D eigenvalue weighted by Gasteiger charge is 2.14. The van der Waals surface area contributed by atoms with Gasteiger partial charge in [-0.05, 0) is 18.8 Å². The average Bonchev–Trinajstić information content (AvgIpc) is 3.02. The Morgan fingerprint density at radius 1 is 0.826 bits per heavy atom. The zero-order chi connectivity index (χ0) is 16.9. The zero-order valence-electron chi connectivity index (χ0n) is 16.1. The number of hydrogen-bond acceptors (Lipinski definition) is 2. The Morgan fingerprint density at radius 3 is 1.78 bits per heavy atom. The van der Waals surface area contributed by atoms with Crippen molar-refractivity contribution in [3.8, 4) is 0 Å². The first-order chi connectivity index (χ1) is 11.2. The summed E-state index contributed by atoms with van der Waals surface area (Å²) in [5.41, 5.74) is 1.13. The molecule has 0 bridgehead atoms. The molecule has 1 aromatic heterocycles. The van der Waals surface area contributed by atoms with E-state index >= 15 is 0 Å². The lowest BCUT2D eigenvalue weighted by molar-refractivity contribution is 0.360. The van der Waals surface area contributed by atoms with E-state index in [0.29, 0.717) is 12.0 Å². The molecule has 1 aromatic rings. The summed E-state index contributed by atoms with van der Waals surface area (Å²) in [5.74, 6) is 0.471. The van der Waals surface area contributed by atoms with E-state index in [1.165, 1.54) is 77.0 Å². The van der Waals surface area contributed by atoms with Crippen molar-refractivity contribution in [1.82, 2.24) is 15.0 Å². The van der Waals surface area contributed by atoms with E-state index in [1.807, 2.05) is 0 Å². The molecule has 3 heteroatoms. The Labute approximate surface area is 144 Å². The summed E-state index contributed by atoms with van der Waals surface area (Å²) in [5, 5.41) is 8.80. The molecular formula is C20H39N3. The molecule has 1 heterocycles. The number of hydrogen-bond donors (Lipinski definition) is 0. The van der Waals surface area contributed by atoms with E-state index in [2.05, 4.69) is 48.9 Å². The van der Waals surface area contributed by atoms with Crippen molar-refractivity contribution in [2.75, 3.05) is 0 Å². The monoisotopic (exact) mass is 321 g/mol. The molecule has 0 unspecified atom stereocenters. The topological polar surface area (TPSA) is 30.7 Å². The summed E-state index contributed by atoms with van der Waals surface area (Å²) in [7, 11) is 0. The Kier molecular flexibility index (Phi) is 11.0. The van der Waals surface area contributed by atoms with Gasteiger partial charge in [0.15, 0.2) is 0 Å². The van der Waals surface area contributed by atoms with Crippen LogP contribution >= 0.6 is 0 Å². The highest BCUT2D eigenvalue weighted by atomic mass is 15.4. The highest BCUT2D eigenvalue weighted by Crippen LogP contribution is 2.24. The van der Waals surface area contributed by atoms with Gasteiger partial charge in [0.1, 0.15) is 0 Å². The van der Waals surface area contributed by atoms with Gasteiger partial charge in [0.2, 0.25) is 0 Å². The molecule has 0 fully saturated rings. The van der Waals surface area contributed by atoms with Crippen LogP contribution < -0.4 is 0 Å². The quantitative estimate of drug-likeness (QED) is 0.358. The molecule has 0 saturated heterocycles. The molecule has 0 radical (unpaired) electrons. The first-order valence-electron chi connectivity index (χ1n) is 10.1. The van der Waals surface area contributed by atoms with Gasteiger partial charge in [0.25, 0.3) is 0 Å². The normalized spacial score (nSPS) is 11.7. The standard InChI is InChI=1S/C20H39N3/c1-5-7-9-11-13-15-19(16-14-12-10-8-6-2)23-17-20(18(3)4)21-22-23/h17-19H,5-16H2,1-4H3. The molecule has 23 heavy (non-hydrogen) atoms. The molecule has 0 atom stereocenters. The molecule has 0 amide bonds. The van der Waals surface area contributed by atoms with E-state index < -0.39 is 0 Å². The van der Waals surface area contributed by atoms with E-state index in [-0.39, 0.29) is 0 Å². The van der Waals surface area contributed by atoms with Gasteiger partial charge >= 0.3 is 0 Å². The Morgan fingerprint density at radius 2 is 1.35 bits per heavy atom. The Hall–Kier alpha value is -0.860. The molecule has 0 aliphatic rings. The Bertz CT molecular complexity index is 370. The second-order valence-electron chi connectivity index (χ2n) is 7.34. The zero-order valence-corrected chi connectivity index (χ0v) is 16.1. The number of aromatic nitrogens is 3. The van der Waals surface area contributed by atoms with Crippen LogP contribution in [0.1, 0.15) is 122 Å². The van der Waals surface area contributed by atoms with Crippen LogP contribution in [0.4, 0.5) is 0 Å². The smallest absolute Gasteiger partial charge is 0.0852 e. The largest absolute Gasteiger partial charge is 0.249 e. The molecule has 134 valence electrons. The molecular weight excluding hydrogens is 282 g/mol. The third-order valence-electron chi connectivity index (χ3n) is 4.78. The fourth-order valence-corrected chi connectivity index (χ4v) is 3.11. The van der Waals surface area contributed by atoms with Crippen LogP contribution in [0.3, 0.4) is 0 Å². The van der Waals surface area contributed by atoms with Crippen LogP contribution in [0.15, 0.2) is 6.20 Å². The van der Waals surface area contributed by atoms with E-state index in [9.17, 15) is 0 Å². The molecule has 0 saturated carbocycles. The van der Waals surface area contributed by atoms with Crippen LogP contribution in [-0.4, -0.2) is 15.0 Å². The summed E-state index contributed by atoms with van der Waals surface area (Å²) < 4.78 is 2.16. The predicted molar refractivity (Wildman–Crippen MR) is 99.9 cm³/mol. The fraction of sp³-hybridized carbons (Fsp3) is 0.900. The van der Waals surface area contributed by atoms with Crippen molar-refractivity contribution in [1.29, 1.82) is 0 Å². The van der Waals surface area contributed by atoms with Crippen molar-refractivity contribution < 1.29 is 0 Å². The first-order valence-corrected chi connectivity index (χ1v) is 10.1. The van der Waals surface area contributed by atoms with Gasteiger partial charge in [-0.2, -0.15) is 0 Å². The third-order valence-corrected chi connectivity index (χ3v) is 4.78. The minimum Gasteiger partial charge on any atom is -0.249 e. The lowest BCUT2D eigenvalue weighted by Gasteiger charge is -2.17. The maximum Gasteiger partial charge on any atom is 0.0852 e. The van der Waals surface area contributed by atoms with Crippen molar-refractivity contribution in [3.63, 3.8) is 0 Å². The second kappa shape index (κ2) is 12.5. The van der Waals surface area contributed by atoms with Crippen LogP contribution in [0.5, 0.6) is 0 Å². The van der Waals surface area contributed by atoms with Crippen LogP contribution in [0.25, 0.3) is 0 Å². The van der Waals surface area contributed by atoms with Crippen molar-refractivity contribution in [2.45, 2.75) is 117 Å². The molecule has 0 aliphatic heterocycles. The van der Waals surface area contributed by atoms with Crippen molar-refractivity contribution in [3.05, 3.63) is 11.9 Å². The van der Waals surface area contributed by atoms with Crippen LogP contribution in [0.2, 0.25) is 0 Å². The molecule has 0 spiro atoms. The molecule has 3 nitrogen and oxygen atoms in total. The average molecular weight is 322 g/mol. The van der Waals surface area contributed by atoms with Gasteiger partial charge in [-0.25, -0.2) is 4.68 Å².